The van der Waals surface area contributed by atoms with Gasteiger partial charge in [0, 0.05) is 23.1 Å². The maximum absolute atomic E-state index is 14.1. The van der Waals surface area contributed by atoms with Crippen LogP contribution in [0.3, 0.4) is 0 Å². The predicted octanol–water partition coefficient (Wildman–Crippen LogP) is 3.57. The van der Waals surface area contributed by atoms with Crippen LogP contribution in [0.25, 0.3) is 11.0 Å². The maximum Gasteiger partial charge on any atom is 0.291 e. The maximum atomic E-state index is 14.1. The fourth-order valence-electron chi connectivity index (χ4n) is 5.12. The first kappa shape index (κ1) is 21.9. The molecule has 1 atom stereocenters. The van der Waals surface area contributed by atoms with Crippen molar-refractivity contribution in [3.63, 3.8) is 0 Å². The highest BCUT2D eigenvalue weighted by Crippen LogP contribution is 2.52. The lowest BCUT2D eigenvalue weighted by Crippen LogP contribution is -2.53. The zero-order valence-electron chi connectivity index (χ0n) is 18.7. The minimum atomic E-state index is -1.53. The lowest BCUT2D eigenvalue weighted by atomic mass is 9.84. The van der Waals surface area contributed by atoms with Gasteiger partial charge in [-0.3, -0.25) is 14.4 Å². The molecule has 170 valence electrons. The quantitative estimate of drug-likeness (QED) is 0.525. The third-order valence-corrected chi connectivity index (χ3v) is 6.99. The van der Waals surface area contributed by atoms with Gasteiger partial charge in [-0.1, -0.05) is 34.1 Å². The van der Waals surface area contributed by atoms with Crippen LogP contribution in [0.15, 0.2) is 56.1 Å². The van der Waals surface area contributed by atoms with Crippen molar-refractivity contribution in [1.29, 1.82) is 0 Å². The van der Waals surface area contributed by atoms with Gasteiger partial charge in [-0.15, -0.1) is 0 Å². The number of halogens is 1. The summed E-state index contributed by atoms with van der Waals surface area (Å²) in [5.41, 5.74) is -0.0600. The predicted molar refractivity (Wildman–Crippen MR) is 130 cm³/mol. The number of hydrogen-bond donors (Lipinski definition) is 0. The van der Waals surface area contributed by atoms with Crippen LogP contribution >= 0.6 is 15.9 Å². The van der Waals surface area contributed by atoms with E-state index in [1.165, 1.54) is 0 Å². The summed E-state index contributed by atoms with van der Waals surface area (Å²) >= 11 is 3.41. The minimum Gasteiger partial charge on any atom is -0.450 e. The molecule has 33 heavy (non-hydrogen) atoms. The summed E-state index contributed by atoms with van der Waals surface area (Å²) in [5, 5.41) is 0.339. The number of likely N-dealkylation sites (N-methyl/N-ethyl adjacent to an activating group) is 1. The van der Waals surface area contributed by atoms with E-state index in [4.69, 9.17) is 4.42 Å². The third kappa shape index (κ3) is 2.93. The van der Waals surface area contributed by atoms with Crippen LogP contribution in [0.5, 0.6) is 0 Å². The van der Waals surface area contributed by atoms with E-state index in [0.717, 1.165) is 16.7 Å². The average molecular weight is 510 g/mol. The van der Waals surface area contributed by atoms with Crippen LogP contribution in [0, 0.1) is 0 Å². The number of amides is 2. The Labute approximate surface area is 199 Å². The van der Waals surface area contributed by atoms with Crippen LogP contribution in [0.1, 0.15) is 35.0 Å². The molecule has 1 aromatic heterocycles. The van der Waals surface area contributed by atoms with Crippen molar-refractivity contribution in [3.8, 4) is 0 Å². The Hall–Kier alpha value is -2.97. The molecule has 8 heteroatoms. The number of anilines is 1. The van der Waals surface area contributed by atoms with Gasteiger partial charge in [-0.05, 0) is 58.3 Å². The summed E-state index contributed by atoms with van der Waals surface area (Å²) in [5.74, 6) is -0.752. The van der Waals surface area contributed by atoms with Gasteiger partial charge in [0.05, 0.1) is 16.6 Å². The summed E-state index contributed by atoms with van der Waals surface area (Å²) in [6.07, 6.45) is 0.648. The van der Waals surface area contributed by atoms with Gasteiger partial charge in [0.2, 0.25) is 5.76 Å². The second-order valence-electron chi connectivity index (χ2n) is 8.67. The summed E-state index contributed by atoms with van der Waals surface area (Å²) in [7, 11) is 3.92. The second kappa shape index (κ2) is 7.81. The van der Waals surface area contributed by atoms with Crippen LogP contribution in [0.4, 0.5) is 5.69 Å². The van der Waals surface area contributed by atoms with Crippen molar-refractivity contribution < 1.29 is 14.0 Å². The molecule has 2 aliphatic rings. The average Bonchev–Trinajstić information content (AvgIpc) is 3.18. The molecule has 2 amide bonds. The highest BCUT2D eigenvalue weighted by molar-refractivity contribution is 9.10. The Balaban J connectivity index is 1.84. The van der Waals surface area contributed by atoms with Gasteiger partial charge in [0.25, 0.3) is 11.8 Å². The Kier molecular flexibility index (Phi) is 5.17. The number of carbonyl (C=O) groups is 2. The van der Waals surface area contributed by atoms with Gasteiger partial charge in [-0.2, -0.15) is 0 Å². The Morgan fingerprint density at radius 3 is 2.58 bits per heavy atom. The van der Waals surface area contributed by atoms with Crippen molar-refractivity contribution in [2.24, 2.45) is 0 Å². The van der Waals surface area contributed by atoms with Crippen LogP contribution < -0.4 is 10.3 Å². The molecule has 3 heterocycles. The summed E-state index contributed by atoms with van der Waals surface area (Å²) < 4.78 is 6.76. The van der Waals surface area contributed by atoms with E-state index < -0.39 is 11.4 Å². The van der Waals surface area contributed by atoms with E-state index in [9.17, 15) is 14.4 Å². The zero-order chi connectivity index (χ0) is 23.5. The Bertz CT molecular complexity index is 1370. The van der Waals surface area contributed by atoms with E-state index in [2.05, 4.69) is 15.9 Å². The lowest BCUT2D eigenvalue weighted by Gasteiger charge is -2.34. The van der Waals surface area contributed by atoms with E-state index in [0.29, 0.717) is 36.0 Å². The van der Waals surface area contributed by atoms with Gasteiger partial charge < -0.3 is 19.1 Å². The van der Waals surface area contributed by atoms with Crippen molar-refractivity contribution >= 4 is 44.4 Å². The first-order valence-electron chi connectivity index (χ1n) is 11.0. The first-order valence-corrected chi connectivity index (χ1v) is 11.8. The molecule has 0 fully saturated rings. The fraction of sp³-hybridized carbons (Fsp3) is 0.320. The van der Waals surface area contributed by atoms with Crippen LogP contribution in [0.2, 0.25) is 0 Å². The molecule has 2 aromatic carbocycles. The Morgan fingerprint density at radius 1 is 1.09 bits per heavy atom. The number of para-hydroxylation sites is 1. The standard InChI is InChI=1S/C25H24BrN3O4/c1-4-28-18-9-6-5-8-17(18)25(24(28)32)20-21(30)16-14-15(26)10-11-19(16)33-22(20)23(31)29(25)13-7-12-27(2)3/h5-6,8-11,14H,4,7,12-13H2,1-3H3. The highest BCUT2D eigenvalue weighted by Gasteiger charge is 2.64. The first-order chi connectivity index (χ1) is 15.8. The Morgan fingerprint density at radius 2 is 1.85 bits per heavy atom. The molecule has 2 aliphatic heterocycles. The molecule has 0 aliphatic carbocycles. The molecule has 1 spiro atoms. The fourth-order valence-corrected chi connectivity index (χ4v) is 5.48. The number of nitrogens with zero attached hydrogens (tertiary/aromatic N) is 3. The highest BCUT2D eigenvalue weighted by atomic mass is 79.9. The number of carbonyl (C=O) groups excluding carboxylic acids is 2. The van der Waals surface area contributed by atoms with Gasteiger partial charge in [0.15, 0.2) is 11.0 Å². The summed E-state index contributed by atoms with van der Waals surface area (Å²) in [6, 6.07) is 12.5. The lowest BCUT2D eigenvalue weighted by molar-refractivity contribution is -0.126. The summed E-state index contributed by atoms with van der Waals surface area (Å²) in [6.45, 7) is 3.37. The molecule has 3 aromatic rings. The molecule has 0 saturated heterocycles. The molecule has 0 saturated carbocycles. The minimum absolute atomic E-state index is 0.0409. The van der Waals surface area contributed by atoms with Crippen molar-refractivity contribution in [1.82, 2.24) is 9.80 Å². The number of hydrogen-bond acceptors (Lipinski definition) is 5. The number of rotatable bonds is 5. The van der Waals surface area contributed by atoms with Crippen molar-refractivity contribution in [3.05, 3.63) is 74.0 Å². The van der Waals surface area contributed by atoms with E-state index in [1.807, 2.05) is 50.2 Å². The van der Waals surface area contributed by atoms with E-state index in [-0.39, 0.29) is 22.7 Å². The SMILES string of the molecule is CCN1C(=O)C2(c3ccccc31)c1c(oc3ccc(Br)cc3c1=O)C(=O)N2CCCN(C)C. The van der Waals surface area contributed by atoms with Gasteiger partial charge >= 0.3 is 0 Å². The molecule has 0 radical (unpaired) electrons. The zero-order valence-corrected chi connectivity index (χ0v) is 20.3. The van der Waals surface area contributed by atoms with Gasteiger partial charge in [0.1, 0.15) is 5.58 Å². The molecule has 1 unspecified atom stereocenters. The van der Waals surface area contributed by atoms with Crippen molar-refractivity contribution in [2.75, 3.05) is 38.6 Å². The van der Waals surface area contributed by atoms with E-state index >= 15 is 0 Å². The second-order valence-corrected chi connectivity index (χ2v) is 9.58. The third-order valence-electron chi connectivity index (χ3n) is 6.50. The molecular weight excluding hydrogens is 486 g/mol. The normalized spacial score (nSPS) is 19.3. The number of benzene rings is 2. The van der Waals surface area contributed by atoms with Crippen LogP contribution in [-0.4, -0.2) is 55.3 Å². The van der Waals surface area contributed by atoms with E-state index in [1.54, 1.807) is 28.0 Å². The van der Waals surface area contributed by atoms with Crippen LogP contribution in [-0.2, 0) is 10.3 Å². The monoisotopic (exact) mass is 509 g/mol. The number of fused-ring (bicyclic) bond motifs is 5. The largest absolute Gasteiger partial charge is 0.450 e. The smallest absolute Gasteiger partial charge is 0.291 e. The molecular formula is C25H24BrN3O4. The molecule has 5 rings (SSSR count). The molecule has 0 N–H and O–H groups in total. The molecule has 7 nitrogen and oxygen atoms in total. The summed E-state index contributed by atoms with van der Waals surface area (Å²) in [4.78, 5) is 47.0. The van der Waals surface area contributed by atoms with Gasteiger partial charge in [-0.25, -0.2) is 0 Å². The topological polar surface area (TPSA) is 74.1 Å². The molecule has 0 bridgehead atoms. The van der Waals surface area contributed by atoms with Crippen molar-refractivity contribution in [2.45, 2.75) is 18.9 Å².